The average molecular weight is 871 g/mol. The first-order valence-corrected chi connectivity index (χ1v) is 18.3. The second-order valence-corrected chi connectivity index (χ2v) is 14.2. The maximum Gasteiger partial charge on any atom is 0.323 e. The first-order chi connectivity index (χ1) is 28.2. The molecule has 0 unspecified atom stereocenters. The molecule has 0 fully saturated rings. The van der Waals surface area contributed by atoms with Gasteiger partial charge in [0.05, 0.1) is 72.0 Å². The number of likely N-dealkylation sites (N-methyl/N-ethyl adjacent to an activating group) is 10. The van der Waals surface area contributed by atoms with E-state index in [1.807, 2.05) is 0 Å². The van der Waals surface area contributed by atoms with Crippen LogP contribution in [0.25, 0.3) is 0 Å². The highest BCUT2D eigenvalue weighted by molar-refractivity contribution is 5.94. The van der Waals surface area contributed by atoms with Crippen molar-refractivity contribution in [3.05, 3.63) is 0 Å². The van der Waals surface area contributed by atoms with Crippen molar-refractivity contribution in [1.29, 1.82) is 0 Å². The zero-order valence-corrected chi connectivity index (χ0v) is 36.3. The normalized spacial score (nSPS) is 10.2. The first kappa shape index (κ1) is 54.1. The smallest absolute Gasteiger partial charge is 0.323 e. The Hall–Kier alpha value is -6.89. The molecule has 0 atom stereocenters. The van der Waals surface area contributed by atoms with Crippen LogP contribution in [0.1, 0.15) is 0 Å². The molecule has 0 aromatic rings. The molecule has 0 aliphatic carbocycles. The third-order valence-corrected chi connectivity index (χ3v) is 8.76. The molecule has 0 saturated heterocycles. The summed E-state index contributed by atoms with van der Waals surface area (Å²) in [5, 5.41) is 13.2. The summed E-state index contributed by atoms with van der Waals surface area (Å²) < 4.78 is 0. The lowest BCUT2D eigenvalue weighted by molar-refractivity contribution is -0.147. The minimum absolute atomic E-state index is 0.317. The highest BCUT2D eigenvalue weighted by Crippen LogP contribution is 2.00. The van der Waals surface area contributed by atoms with Gasteiger partial charge >= 0.3 is 5.97 Å². The van der Waals surface area contributed by atoms with Gasteiger partial charge in [0.1, 0.15) is 6.54 Å². The molecule has 0 rings (SSSR count). The van der Waals surface area contributed by atoms with Crippen LogP contribution in [-0.2, 0) is 62.3 Å². The van der Waals surface area contributed by atoms with Gasteiger partial charge in [0.25, 0.3) is 0 Å². The molecule has 26 nitrogen and oxygen atoms in total. The summed E-state index contributed by atoms with van der Waals surface area (Å²) in [7, 11) is 13.0. The van der Waals surface area contributed by atoms with Gasteiger partial charge in [0.2, 0.25) is 71.4 Å². The second-order valence-electron chi connectivity index (χ2n) is 14.2. The number of carboxylic acid groups (broad SMARTS) is 1. The van der Waals surface area contributed by atoms with E-state index in [0.29, 0.717) is 6.41 Å². The standard InChI is InChI=1S/C35H58N12O14/c1-38(25(50)12-37-24(49)11-36-23-48)13-26(51)39(2)14-27(52)40(3)15-28(53)41(4)16-29(54)42(5)17-30(55)43(6)18-31(56)44(7)19-32(57)45(8)20-33(58)46(9)21-34(59)47(10)22-35(60)61/h23H,11-22H2,1-10H3,(H,36,48)(H,37,49)(H,60,61). The molecule has 0 aliphatic heterocycles. The number of amides is 12. The number of carbonyl (C=O) groups excluding carboxylic acids is 12. The van der Waals surface area contributed by atoms with E-state index >= 15 is 0 Å². The number of nitrogens with one attached hydrogen (secondary N) is 2. The average Bonchev–Trinajstić information content (AvgIpc) is 3.17. The van der Waals surface area contributed by atoms with E-state index in [2.05, 4.69) is 10.6 Å². The highest BCUT2D eigenvalue weighted by atomic mass is 16.4. The minimum atomic E-state index is -1.23. The molecule has 12 amide bonds. The molecule has 0 heterocycles. The zero-order valence-electron chi connectivity index (χ0n) is 36.3. The Labute approximate surface area is 353 Å². The van der Waals surface area contributed by atoms with Gasteiger partial charge in [0.15, 0.2) is 0 Å². The predicted octanol–water partition coefficient (Wildman–Crippen LogP) is -7.48. The van der Waals surface area contributed by atoms with Crippen molar-refractivity contribution >= 4 is 77.4 Å². The van der Waals surface area contributed by atoms with Gasteiger partial charge in [-0.1, -0.05) is 0 Å². The Morgan fingerprint density at radius 1 is 0.344 bits per heavy atom. The maximum absolute atomic E-state index is 12.9. The van der Waals surface area contributed by atoms with Gasteiger partial charge in [-0.3, -0.25) is 62.3 Å². The number of hydrogen-bond donors (Lipinski definition) is 3. The maximum atomic E-state index is 12.9. The molecule has 0 aromatic heterocycles. The van der Waals surface area contributed by atoms with Gasteiger partial charge in [-0.15, -0.1) is 0 Å². The van der Waals surface area contributed by atoms with E-state index in [0.717, 1.165) is 49.0 Å². The van der Waals surface area contributed by atoms with Crippen LogP contribution in [0.3, 0.4) is 0 Å². The fraction of sp³-hybridized carbons (Fsp3) is 0.629. The fourth-order valence-electron chi connectivity index (χ4n) is 4.50. The highest BCUT2D eigenvalue weighted by Gasteiger charge is 2.26. The largest absolute Gasteiger partial charge is 0.480 e. The van der Waals surface area contributed by atoms with Gasteiger partial charge in [-0.25, -0.2) is 0 Å². The summed E-state index contributed by atoms with van der Waals surface area (Å²) in [6.45, 7) is -5.42. The van der Waals surface area contributed by atoms with Crippen molar-refractivity contribution in [2.24, 2.45) is 0 Å². The summed E-state index contributed by atoms with van der Waals surface area (Å²) in [5.41, 5.74) is 0. The minimum Gasteiger partial charge on any atom is -0.480 e. The predicted molar refractivity (Wildman–Crippen MR) is 211 cm³/mol. The summed E-state index contributed by atoms with van der Waals surface area (Å²) in [4.78, 5) is 169. The SMILES string of the molecule is CN(CC(=O)O)C(=O)CN(C)C(=O)CN(C)C(=O)CN(C)C(=O)CN(C)C(=O)CN(C)C(=O)CN(C)C(=O)CN(C)C(=O)CN(C)C(=O)CN(C)C(=O)CNC(=O)CNC=O. The quantitative estimate of drug-likeness (QED) is 0.0719. The number of hydrogen-bond acceptors (Lipinski definition) is 13. The molecule has 342 valence electrons. The van der Waals surface area contributed by atoms with E-state index in [4.69, 9.17) is 5.11 Å². The molecule has 0 aromatic carbocycles. The molecule has 0 bridgehead atoms. The molecule has 0 saturated carbocycles. The van der Waals surface area contributed by atoms with Crippen molar-refractivity contribution in [2.45, 2.75) is 0 Å². The number of carbonyl (C=O) groups is 13. The van der Waals surface area contributed by atoms with E-state index in [1.54, 1.807) is 0 Å². The number of aliphatic carboxylic acids is 1. The van der Waals surface area contributed by atoms with Crippen LogP contribution >= 0.6 is 0 Å². The van der Waals surface area contributed by atoms with Crippen molar-refractivity contribution in [2.75, 3.05) is 149 Å². The van der Waals surface area contributed by atoms with E-state index in [1.165, 1.54) is 70.5 Å². The molecule has 0 aliphatic rings. The Bertz CT molecular complexity index is 1680. The van der Waals surface area contributed by atoms with Crippen LogP contribution in [0.15, 0.2) is 0 Å². The Morgan fingerprint density at radius 2 is 0.541 bits per heavy atom. The van der Waals surface area contributed by atoms with Gasteiger partial charge in [-0.2, -0.15) is 0 Å². The lowest BCUT2D eigenvalue weighted by Gasteiger charge is -2.27. The van der Waals surface area contributed by atoms with Gasteiger partial charge in [-0.05, 0) is 0 Å². The van der Waals surface area contributed by atoms with Crippen LogP contribution in [0.5, 0.6) is 0 Å². The van der Waals surface area contributed by atoms with Crippen molar-refractivity contribution < 1.29 is 67.4 Å². The van der Waals surface area contributed by atoms with Crippen LogP contribution in [0.4, 0.5) is 0 Å². The van der Waals surface area contributed by atoms with E-state index < -0.39 is 143 Å². The van der Waals surface area contributed by atoms with E-state index in [9.17, 15) is 62.3 Å². The van der Waals surface area contributed by atoms with Crippen molar-refractivity contribution in [3.8, 4) is 0 Å². The first-order valence-electron chi connectivity index (χ1n) is 18.3. The number of nitrogens with zero attached hydrogens (tertiary/aromatic N) is 10. The van der Waals surface area contributed by atoms with Crippen molar-refractivity contribution in [1.82, 2.24) is 59.6 Å². The Balaban J connectivity index is 4.87. The summed E-state index contributed by atoms with van der Waals surface area (Å²) in [6.07, 6.45) is 0.317. The van der Waals surface area contributed by atoms with Crippen LogP contribution < -0.4 is 10.6 Å². The Kier molecular flexibility index (Phi) is 23.3. The Morgan fingerprint density at radius 3 is 0.738 bits per heavy atom. The van der Waals surface area contributed by atoms with Crippen LogP contribution in [0.2, 0.25) is 0 Å². The van der Waals surface area contributed by atoms with Crippen LogP contribution in [0, 0.1) is 0 Å². The fourth-order valence-corrected chi connectivity index (χ4v) is 4.50. The third-order valence-electron chi connectivity index (χ3n) is 8.76. The summed E-state index contributed by atoms with van der Waals surface area (Å²) in [6, 6.07) is 0. The molecular formula is C35H58N12O14. The molecule has 0 spiro atoms. The number of rotatable bonds is 25. The second kappa shape index (κ2) is 26.3. The van der Waals surface area contributed by atoms with Crippen molar-refractivity contribution in [3.63, 3.8) is 0 Å². The molecule has 0 radical (unpaired) electrons. The molecule has 61 heavy (non-hydrogen) atoms. The molecular weight excluding hydrogens is 812 g/mol. The topological polar surface area (TPSA) is 299 Å². The summed E-state index contributed by atoms with van der Waals surface area (Å²) in [5.74, 6) is -8.19. The van der Waals surface area contributed by atoms with Gasteiger partial charge in [0, 0.05) is 70.5 Å². The molecule has 26 heteroatoms. The summed E-state index contributed by atoms with van der Waals surface area (Å²) >= 11 is 0. The zero-order chi connectivity index (χ0) is 47.3. The van der Waals surface area contributed by atoms with E-state index in [-0.39, 0.29) is 6.54 Å². The monoisotopic (exact) mass is 870 g/mol. The number of carboxylic acids is 1. The lowest BCUT2D eigenvalue weighted by atomic mass is 10.3. The molecule has 3 N–H and O–H groups in total. The van der Waals surface area contributed by atoms with Gasteiger partial charge < -0.3 is 64.7 Å². The van der Waals surface area contributed by atoms with Crippen LogP contribution in [-0.4, -0.2) is 280 Å². The third kappa shape index (κ3) is 20.6. The lowest BCUT2D eigenvalue weighted by Crippen LogP contribution is -2.49.